The molecule has 0 radical (unpaired) electrons. The van der Waals surface area contributed by atoms with E-state index in [4.69, 9.17) is 14.2 Å². The van der Waals surface area contributed by atoms with Crippen LogP contribution in [-0.2, 0) is 16.2 Å². The molecule has 0 aliphatic carbocycles. The lowest BCUT2D eigenvalue weighted by atomic mass is 10.3. The lowest BCUT2D eigenvalue weighted by Crippen LogP contribution is -2.23. The van der Waals surface area contributed by atoms with E-state index in [1.807, 2.05) is 6.92 Å². The van der Waals surface area contributed by atoms with Gasteiger partial charge in [-0.25, -0.2) is 0 Å². The second-order valence-corrected chi connectivity index (χ2v) is 3.13. The van der Waals surface area contributed by atoms with E-state index in [0.717, 1.165) is 5.56 Å². The normalized spacial score (nSPS) is 10.3. The summed E-state index contributed by atoms with van der Waals surface area (Å²) in [6, 6.07) is 1.67. The number of nitrogens with zero attached hydrogens (tertiary/aromatic N) is 1. The molecule has 0 aliphatic heterocycles. The Hall–Kier alpha value is -1.33. The average molecular weight is 213 g/mol. The van der Waals surface area contributed by atoms with Crippen LogP contribution in [0.15, 0.2) is 17.1 Å². The summed E-state index contributed by atoms with van der Waals surface area (Å²) in [4.78, 5) is 11.7. The molecule has 0 unspecified atom stereocenters. The smallest absolute Gasteiger partial charge is 0.294 e. The highest BCUT2D eigenvalue weighted by Crippen LogP contribution is 2.06. The van der Waals surface area contributed by atoms with Crippen LogP contribution >= 0.6 is 0 Å². The van der Waals surface area contributed by atoms with Crippen LogP contribution in [0, 0.1) is 6.92 Å². The molecule has 0 aliphatic rings. The lowest BCUT2D eigenvalue weighted by Gasteiger charge is -2.09. The molecule has 0 N–H and O–H groups in total. The first kappa shape index (κ1) is 11.7. The summed E-state index contributed by atoms with van der Waals surface area (Å²) in [7, 11) is 3.04. The van der Waals surface area contributed by atoms with Crippen LogP contribution in [0.25, 0.3) is 0 Å². The van der Waals surface area contributed by atoms with Crippen LogP contribution in [0.1, 0.15) is 5.56 Å². The van der Waals surface area contributed by atoms with Gasteiger partial charge < -0.3 is 14.2 Å². The largest absolute Gasteiger partial charge is 0.462 e. The molecule has 1 heterocycles. The molecule has 0 aromatic carbocycles. The molecule has 5 nitrogen and oxygen atoms in total. The first-order valence-electron chi connectivity index (χ1n) is 4.50. The van der Waals surface area contributed by atoms with Crippen LogP contribution in [0.5, 0.6) is 5.75 Å². The van der Waals surface area contributed by atoms with Gasteiger partial charge in [-0.05, 0) is 18.6 Å². The van der Waals surface area contributed by atoms with Crippen LogP contribution in [0.4, 0.5) is 0 Å². The van der Waals surface area contributed by atoms with E-state index in [9.17, 15) is 4.79 Å². The van der Waals surface area contributed by atoms with Crippen molar-refractivity contribution in [2.45, 2.75) is 13.7 Å². The Morgan fingerprint density at radius 2 is 2.07 bits per heavy atom. The molecule has 5 heteroatoms. The van der Waals surface area contributed by atoms with Crippen molar-refractivity contribution < 1.29 is 14.2 Å². The van der Waals surface area contributed by atoms with Crippen molar-refractivity contribution in [1.29, 1.82) is 0 Å². The molecule has 1 aromatic rings. The Balaban J connectivity index is 2.99. The summed E-state index contributed by atoms with van der Waals surface area (Å²) in [6.45, 7) is 2.15. The molecule has 0 saturated carbocycles. The minimum atomic E-state index is -0.223. The zero-order chi connectivity index (χ0) is 11.3. The third kappa shape index (κ3) is 3.07. The fourth-order valence-corrected chi connectivity index (χ4v) is 1.21. The van der Waals surface area contributed by atoms with Crippen molar-refractivity contribution in [3.8, 4) is 5.75 Å². The number of methoxy groups -OCH3 is 2. The fraction of sp³-hybridized carbons (Fsp3) is 0.500. The maximum Gasteiger partial charge on any atom is 0.294 e. The number of pyridine rings is 1. The zero-order valence-corrected chi connectivity index (χ0v) is 9.15. The van der Waals surface area contributed by atoms with E-state index in [-0.39, 0.29) is 24.8 Å². The SMILES string of the molecule is COCOc1cc(C)cn(COC)c1=O. The second kappa shape index (κ2) is 5.53. The summed E-state index contributed by atoms with van der Waals surface area (Å²) >= 11 is 0. The maximum atomic E-state index is 11.7. The molecule has 0 bridgehead atoms. The van der Waals surface area contributed by atoms with E-state index in [1.165, 1.54) is 18.8 Å². The molecule has 0 fully saturated rings. The lowest BCUT2D eigenvalue weighted by molar-refractivity contribution is 0.0485. The molecule has 0 atom stereocenters. The number of ether oxygens (including phenoxy) is 3. The van der Waals surface area contributed by atoms with Gasteiger partial charge in [0.2, 0.25) is 0 Å². The number of rotatable bonds is 5. The van der Waals surface area contributed by atoms with Gasteiger partial charge in [-0.3, -0.25) is 9.36 Å². The Morgan fingerprint density at radius 3 is 2.67 bits per heavy atom. The highest BCUT2D eigenvalue weighted by molar-refractivity contribution is 5.23. The second-order valence-electron chi connectivity index (χ2n) is 3.13. The van der Waals surface area contributed by atoms with Gasteiger partial charge in [-0.15, -0.1) is 0 Å². The quantitative estimate of drug-likeness (QED) is 0.677. The van der Waals surface area contributed by atoms with Gasteiger partial charge in [-0.1, -0.05) is 0 Å². The molecular weight excluding hydrogens is 198 g/mol. The molecule has 0 saturated heterocycles. The van der Waals surface area contributed by atoms with Crippen LogP contribution < -0.4 is 10.3 Å². The summed E-state index contributed by atoms with van der Waals surface area (Å²) in [5, 5.41) is 0. The Kier molecular flexibility index (Phi) is 4.33. The molecule has 0 spiro atoms. The third-order valence-electron chi connectivity index (χ3n) is 1.79. The van der Waals surface area contributed by atoms with Crippen molar-refractivity contribution in [2.75, 3.05) is 21.0 Å². The molecule has 15 heavy (non-hydrogen) atoms. The van der Waals surface area contributed by atoms with Gasteiger partial charge in [0.15, 0.2) is 12.5 Å². The van der Waals surface area contributed by atoms with E-state index >= 15 is 0 Å². The van der Waals surface area contributed by atoms with E-state index in [1.54, 1.807) is 12.3 Å². The Labute approximate surface area is 88.2 Å². The van der Waals surface area contributed by atoms with Crippen LogP contribution in [0.3, 0.4) is 0 Å². The standard InChI is InChI=1S/C10H15NO4/c1-8-4-9(15-7-14-3)10(12)11(5-8)6-13-2/h4-5H,6-7H2,1-3H3. The van der Waals surface area contributed by atoms with Crippen molar-refractivity contribution in [2.24, 2.45) is 0 Å². The van der Waals surface area contributed by atoms with Gasteiger partial charge in [-0.2, -0.15) is 0 Å². The van der Waals surface area contributed by atoms with E-state index in [2.05, 4.69) is 0 Å². The van der Waals surface area contributed by atoms with Crippen LogP contribution in [0.2, 0.25) is 0 Å². The molecule has 1 rings (SSSR count). The molecule has 0 amide bonds. The third-order valence-corrected chi connectivity index (χ3v) is 1.79. The van der Waals surface area contributed by atoms with Gasteiger partial charge in [0, 0.05) is 20.4 Å². The monoisotopic (exact) mass is 213 g/mol. The minimum absolute atomic E-state index is 0.0612. The van der Waals surface area contributed by atoms with Gasteiger partial charge in [0.1, 0.15) is 6.73 Å². The molecule has 1 aromatic heterocycles. The summed E-state index contributed by atoms with van der Waals surface area (Å²) in [6.07, 6.45) is 1.71. The van der Waals surface area contributed by atoms with Gasteiger partial charge >= 0.3 is 0 Å². The average Bonchev–Trinajstić information content (AvgIpc) is 2.21. The zero-order valence-electron chi connectivity index (χ0n) is 9.15. The van der Waals surface area contributed by atoms with Crippen LogP contribution in [-0.4, -0.2) is 25.6 Å². The first-order valence-corrected chi connectivity index (χ1v) is 4.50. The first-order chi connectivity index (χ1) is 7.19. The summed E-state index contributed by atoms with van der Waals surface area (Å²) in [5.41, 5.74) is 0.706. The highest BCUT2D eigenvalue weighted by Gasteiger charge is 2.05. The van der Waals surface area contributed by atoms with E-state index < -0.39 is 0 Å². The van der Waals surface area contributed by atoms with Gasteiger partial charge in [0.25, 0.3) is 5.56 Å². The Bertz CT molecular complexity index is 372. The number of hydrogen-bond acceptors (Lipinski definition) is 4. The number of aryl methyl sites for hydroxylation is 1. The topological polar surface area (TPSA) is 49.7 Å². The fourth-order valence-electron chi connectivity index (χ4n) is 1.21. The predicted molar refractivity (Wildman–Crippen MR) is 55.0 cm³/mol. The van der Waals surface area contributed by atoms with Crippen molar-refractivity contribution in [3.63, 3.8) is 0 Å². The number of aromatic nitrogens is 1. The van der Waals surface area contributed by atoms with Crippen molar-refractivity contribution in [3.05, 3.63) is 28.2 Å². The van der Waals surface area contributed by atoms with E-state index in [0.29, 0.717) is 0 Å². The minimum Gasteiger partial charge on any atom is -0.462 e. The summed E-state index contributed by atoms with van der Waals surface area (Å²) < 4.78 is 16.2. The number of hydrogen-bond donors (Lipinski definition) is 0. The molecular formula is C10H15NO4. The van der Waals surface area contributed by atoms with Crippen molar-refractivity contribution in [1.82, 2.24) is 4.57 Å². The highest BCUT2D eigenvalue weighted by atomic mass is 16.7. The predicted octanol–water partition coefficient (Wildman–Crippen LogP) is 0.743. The maximum absolute atomic E-state index is 11.7. The Morgan fingerprint density at radius 1 is 1.33 bits per heavy atom. The van der Waals surface area contributed by atoms with Crippen molar-refractivity contribution >= 4 is 0 Å². The molecule has 84 valence electrons. The van der Waals surface area contributed by atoms with Gasteiger partial charge in [0.05, 0.1) is 0 Å². The summed E-state index contributed by atoms with van der Waals surface area (Å²) in [5.74, 6) is 0.272.